The lowest BCUT2D eigenvalue weighted by molar-refractivity contribution is 0.348. The Balaban J connectivity index is 3.97. The van der Waals surface area contributed by atoms with E-state index in [4.69, 9.17) is 0 Å². The molecule has 0 radical (unpaired) electrons. The van der Waals surface area contributed by atoms with Crippen molar-refractivity contribution in [2.45, 2.75) is 79.3 Å². The Morgan fingerprint density at radius 1 is 0.765 bits per heavy atom. The Morgan fingerprint density at radius 3 is 1.29 bits per heavy atom. The van der Waals surface area contributed by atoms with Crippen molar-refractivity contribution in [2.75, 3.05) is 0 Å². The van der Waals surface area contributed by atoms with Gasteiger partial charge in [0.25, 0.3) is 0 Å². The van der Waals surface area contributed by atoms with Crippen LogP contribution in [0.4, 0.5) is 0 Å². The zero-order chi connectivity index (χ0) is 13.7. The molecule has 0 rings (SSSR count). The number of nitrogens with one attached hydrogen (secondary N) is 2. The van der Waals surface area contributed by atoms with Crippen molar-refractivity contribution in [1.82, 2.24) is 9.96 Å². The molecule has 0 aromatic heterocycles. The van der Waals surface area contributed by atoms with Crippen molar-refractivity contribution in [1.29, 1.82) is 0 Å². The normalized spacial score (nSPS) is 13.8. The third kappa shape index (κ3) is 9.80. The minimum Gasteiger partial charge on any atom is -0.325 e. The van der Waals surface area contributed by atoms with E-state index in [1.165, 1.54) is 12.8 Å². The molecular formula is C14H34N2Si. The molecule has 0 heterocycles. The van der Waals surface area contributed by atoms with Crippen molar-refractivity contribution in [3.8, 4) is 0 Å². The zero-order valence-corrected chi connectivity index (χ0v) is 14.7. The summed E-state index contributed by atoms with van der Waals surface area (Å²) in [6, 6.07) is 0. The molecule has 0 atom stereocenters. The fourth-order valence-electron chi connectivity index (χ4n) is 2.71. The first kappa shape index (κ1) is 17.1. The second-order valence-corrected chi connectivity index (χ2v) is 8.55. The SMILES string of the molecule is CC(C)CC(C)(C)N[SiH2]NC(C)(C)CC(C)C. The van der Waals surface area contributed by atoms with Crippen molar-refractivity contribution in [3.63, 3.8) is 0 Å². The Morgan fingerprint density at radius 2 is 1.06 bits per heavy atom. The monoisotopic (exact) mass is 258 g/mol. The van der Waals surface area contributed by atoms with Crippen molar-refractivity contribution >= 4 is 9.84 Å². The van der Waals surface area contributed by atoms with Crippen molar-refractivity contribution in [3.05, 3.63) is 0 Å². The molecule has 0 aromatic carbocycles. The lowest BCUT2D eigenvalue weighted by atomic mass is 9.94. The quantitative estimate of drug-likeness (QED) is 0.654. The van der Waals surface area contributed by atoms with Gasteiger partial charge in [0.1, 0.15) is 0 Å². The van der Waals surface area contributed by atoms with E-state index in [1.807, 2.05) is 0 Å². The molecule has 2 N–H and O–H groups in total. The number of hydrogen-bond acceptors (Lipinski definition) is 2. The molecule has 0 amide bonds. The minimum atomic E-state index is -0.383. The Kier molecular flexibility index (Phi) is 6.96. The maximum absolute atomic E-state index is 3.75. The number of rotatable bonds is 8. The highest BCUT2D eigenvalue weighted by molar-refractivity contribution is 6.29. The summed E-state index contributed by atoms with van der Waals surface area (Å²) in [7, 11) is -0.383. The first-order chi connectivity index (χ1) is 7.54. The van der Waals surface area contributed by atoms with Crippen LogP contribution in [-0.4, -0.2) is 20.9 Å². The van der Waals surface area contributed by atoms with Gasteiger partial charge in [-0.25, -0.2) is 0 Å². The maximum Gasteiger partial charge on any atom is 0.168 e. The molecule has 0 aromatic rings. The van der Waals surface area contributed by atoms with Crippen molar-refractivity contribution in [2.24, 2.45) is 11.8 Å². The van der Waals surface area contributed by atoms with Crippen LogP contribution in [0.5, 0.6) is 0 Å². The summed E-state index contributed by atoms with van der Waals surface area (Å²) in [6.45, 7) is 18.4. The minimum absolute atomic E-state index is 0.279. The molecule has 0 bridgehead atoms. The highest BCUT2D eigenvalue weighted by Gasteiger charge is 2.22. The van der Waals surface area contributed by atoms with Crippen LogP contribution in [0.15, 0.2) is 0 Å². The summed E-state index contributed by atoms with van der Waals surface area (Å²) in [6.07, 6.45) is 2.48. The predicted molar refractivity (Wildman–Crippen MR) is 81.9 cm³/mol. The summed E-state index contributed by atoms with van der Waals surface area (Å²) >= 11 is 0. The van der Waals surface area contributed by atoms with Crippen LogP contribution in [0.3, 0.4) is 0 Å². The van der Waals surface area contributed by atoms with Gasteiger partial charge in [-0.2, -0.15) is 0 Å². The molecule has 0 fully saturated rings. The molecule has 0 unspecified atom stereocenters. The summed E-state index contributed by atoms with van der Waals surface area (Å²) in [5.74, 6) is 1.52. The molecule has 2 nitrogen and oxygen atoms in total. The van der Waals surface area contributed by atoms with Gasteiger partial charge in [-0.1, -0.05) is 27.7 Å². The van der Waals surface area contributed by atoms with E-state index in [1.54, 1.807) is 0 Å². The largest absolute Gasteiger partial charge is 0.325 e. The van der Waals surface area contributed by atoms with Crippen LogP contribution >= 0.6 is 0 Å². The molecule has 0 aliphatic carbocycles. The molecule has 0 saturated carbocycles. The topological polar surface area (TPSA) is 24.1 Å². The van der Waals surface area contributed by atoms with Gasteiger partial charge < -0.3 is 9.96 Å². The van der Waals surface area contributed by atoms with Crippen LogP contribution in [0.2, 0.25) is 0 Å². The maximum atomic E-state index is 3.75. The zero-order valence-electron chi connectivity index (χ0n) is 13.3. The summed E-state index contributed by atoms with van der Waals surface area (Å²) < 4.78 is 0. The van der Waals surface area contributed by atoms with E-state index in [0.29, 0.717) is 0 Å². The molecule has 0 spiro atoms. The summed E-state index contributed by atoms with van der Waals surface area (Å²) in [4.78, 5) is 7.49. The Hall–Kier alpha value is 0.137. The molecular weight excluding hydrogens is 224 g/mol. The lowest BCUT2D eigenvalue weighted by Crippen LogP contribution is -2.53. The van der Waals surface area contributed by atoms with Crippen molar-refractivity contribution < 1.29 is 0 Å². The summed E-state index contributed by atoms with van der Waals surface area (Å²) in [5, 5.41) is 0. The highest BCUT2D eigenvalue weighted by Crippen LogP contribution is 2.16. The highest BCUT2D eigenvalue weighted by atomic mass is 28.2. The van der Waals surface area contributed by atoms with Crippen LogP contribution in [0, 0.1) is 11.8 Å². The third-order valence-electron chi connectivity index (χ3n) is 2.97. The van der Waals surface area contributed by atoms with Crippen LogP contribution < -0.4 is 9.96 Å². The second kappa shape index (κ2) is 6.91. The van der Waals surface area contributed by atoms with E-state index in [2.05, 4.69) is 65.4 Å². The number of hydrogen-bond donors (Lipinski definition) is 2. The average molecular weight is 259 g/mol. The fraction of sp³-hybridized carbons (Fsp3) is 1.00. The first-order valence-corrected chi connectivity index (χ1v) is 8.45. The van der Waals surface area contributed by atoms with Gasteiger partial charge in [-0.3, -0.25) is 0 Å². The van der Waals surface area contributed by atoms with Crippen LogP contribution in [0.25, 0.3) is 0 Å². The molecule has 3 heteroatoms. The molecule has 17 heavy (non-hydrogen) atoms. The van der Waals surface area contributed by atoms with E-state index >= 15 is 0 Å². The van der Waals surface area contributed by atoms with E-state index < -0.39 is 0 Å². The van der Waals surface area contributed by atoms with Gasteiger partial charge >= 0.3 is 0 Å². The van der Waals surface area contributed by atoms with Gasteiger partial charge in [0, 0.05) is 11.1 Å². The summed E-state index contributed by atoms with van der Waals surface area (Å²) in [5.41, 5.74) is 0.558. The van der Waals surface area contributed by atoms with E-state index in [0.717, 1.165) is 11.8 Å². The molecule has 104 valence electrons. The molecule has 0 aliphatic heterocycles. The average Bonchev–Trinajstić information content (AvgIpc) is 1.96. The molecule has 0 saturated heterocycles. The predicted octanol–water partition coefficient (Wildman–Crippen LogP) is 2.81. The standard InChI is InChI=1S/C14H34N2Si/c1-11(2)9-13(5,6)15-17-16-14(7,8)10-12(3)4/h11-12,15-16H,9-10,17H2,1-8H3. The Labute approximate surface area is 111 Å². The van der Waals surface area contributed by atoms with Gasteiger partial charge in [0.05, 0.1) is 0 Å². The fourth-order valence-corrected chi connectivity index (χ4v) is 4.04. The van der Waals surface area contributed by atoms with E-state index in [-0.39, 0.29) is 20.9 Å². The van der Waals surface area contributed by atoms with Gasteiger partial charge in [-0.15, -0.1) is 0 Å². The van der Waals surface area contributed by atoms with E-state index in [9.17, 15) is 0 Å². The van der Waals surface area contributed by atoms with Crippen LogP contribution in [0.1, 0.15) is 68.2 Å². The van der Waals surface area contributed by atoms with Gasteiger partial charge in [0.15, 0.2) is 9.84 Å². The van der Waals surface area contributed by atoms with Crippen LogP contribution in [-0.2, 0) is 0 Å². The van der Waals surface area contributed by atoms with Gasteiger partial charge in [-0.05, 0) is 52.4 Å². The Bertz CT molecular complexity index is 188. The molecule has 0 aliphatic rings. The third-order valence-corrected chi connectivity index (χ3v) is 5.24. The lowest BCUT2D eigenvalue weighted by Gasteiger charge is -2.33. The first-order valence-electron chi connectivity index (χ1n) is 7.04. The second-order valence-electron chi connectivity index (χ2n) is 7.49. The van der Waals surface area contributed by atoms with Gasteiger partial charge in [0.2, 0.25) is 0 Å². The smallest absolute Gasteiger partial charge is 0.168 e.